The minimum Gasteiger partial charge on any atom is -0.475 e. The first-order valence-electron chi connectivity index (χ1n) is 10.5. The van der Waals surface area contributed by atoms with Gasteiger partial charge in [0.1, 0.15) is 0 Å². The maximum absolute atomic E-state index is 12.8. The zero-order valence-electron chi connectivity index (χ0n) is 17.6. The first-order chi connectivity index (χ1) is 15.2. The molecule has 32 heavy (non-hydrogen) atoms. The van der Waals surface area contributed by atoms with Gasteiger partial charge in [0.15, 0.2) is 0 Å². The predicted octanol–water partition coefficient (Wildman–Crippen LogP) is 3.26. The Morgan fingerprint density at radius 3 is 2.53 bits per heavy atom. The van der Waals surface area contributed by atoms with Gasteiger partial charge < -0.3 is 14.9 Å². The van der Waals surface area contributed by atoms with Crippen LogP contribution in [0.1, 0.15) is 30.5 Å². The summed E-state index contributed by atoms with van der Waals surface area (Å²) in [5, 5.41) is 15.7. The van der Waals surface area contributed by atoms with Crippen molar-refractivity contribution in [3.8, 4) is 0 Å². The van der Waals surface area contributed by atoms with Gasteiger partial charge in [0.05, 0.1) is 18.7 Å². The minimum atomic E-state index is -5.08. The molecule has 0 aliphatic carbocycles. The molecule has 2 aromatic rings. The Morgan fingerprint density at radius 2 is 1.91 bits per heavy atom. The average molecular weight is 473 g/mol. The molecule has 2 aliphatic heterocycles. The van der Waals surface area contributed by atoms with Crippen LogP contribution in [0, 0.1) is 5.92 Å². The molecule has 1 N–H and O–H groups in total. The SMILES string of the molecule is O=C(Cc1ccsc1)N1Cc2ccnn2CC(CCN2CCCC2)C1.O=C(O)C(F)(F)F. The lowest BCUT2D eigenvalue weighted by Crippen LogP contribution is -2.36. The fourth-order valence-electron chi connectivity index (χ4n) is 3.96. The molecule has 0 radical (unpaired) electrons. The Labute approximate surface area is 188 Å². The van der Waals surface area contributed by atoms with E-state index in [2.05, 4.69) is 26.1 Å². The standard InChI is InChI=1S/C19H26N4OS.C2HF3O2/c24-19(11-16-5-10-25-15-16)22-12-17(4-9-21-7-1-2-8-21)13-23-18(14-22)3-6-20-23;3-2(4,5)1(6)7/h3,5-6,10,15,17H,1-2,4,7-9,11-14H2;(H,6,7). The van der Waals surface area contributed by atoms with E-state index in [-0.39, 0.29) is 5.91 Å². The maximum Gasteiger partial charge on any atom is 0.490 e. The van der Waals surface area contributed by atoms with E-state index in [4.69, 9.17) is 9.90 Å². The molecular formula is C21H27F3N4O3S. The van der Waals surface area contributed by atoms with Gasteiger partial charge in [0.25, 0.3) is 0 Å². The number of carbonyl (C=O) groups is 2. The second-order valence-electron chi connectivity index (χ2n) is 8.09. The van der Waals surface area contributed by atoms with Crippen molar-refractivity contribution < 1.29 is 27.9 Å². The second-order valence-corrected chi connectivity index (χ2v) is 8.87. The van der Waals surface area contributed by atoms with Crippen LogP contribution in [0.25, 0.3) is 0 Å². The molecule has 2 aliphatic rings. The van der Waals surface area contributed by atoms with E-state index in [1.807, 2.05) is 22.5 Å². The maximum atomic E-state index is 12.8. The van der Waals surface area contributed by atoms with E-state index in [0.717, 1.165) is 37.3 Å². The first kappa shape index (κ1) is 24.2. The molecule has 0 spiro atoms. The van der Waals surface area contributed by atoms with Crippen LogP contribution in [0.3, 0.4) is 0 Å². The van der Waals surface area contributed by atoms with E-state index < -0.39 is 12.1 Å². The van der Waals surface area contributed by atoms with Crippen LogP contribution in [0.15, 0.2) is 29.1 Å². The number of carbonyl (C=O) groups excluding carboxylic acids is 1. The molecule has 1 amide bonds. The molecule has 7 nitrogen and oxygen atoms in total. The molecule has 176 valence electrons. The van der Waals surface area contributed by atoms with Crippen molar-refractivity contribution in [1.29, 1.82) is 0 Å². The number of hydrogen-bond donors (Lipinski definition) is 1. The van der Waals surface area contributed by atoms with Crippen molar-refractivity contribution in [2.24, 2.45) is 5.92 Å². The van der Waals surface area contributed by atoms with Crippen LogP contribution in [0.5, 0.6) is 0 Å². The number of fused-ring (bicyclic) bond motifs is 1. The molecule has 1 atom stereocenters. The lowest BCUT2D eigenvalue weighted by molar-refractivity contribution is -0.192. The van der Waals surface area contributed by atoms with Gasteiger partial charge in [0.2, 0.25) is 5.91 Å². The summed E-state index contributed by atoms with van der Waals surface area (Å²) in [7, 11) is 0. The number of rotatable bonds is 5. The number of amides is 1. The zero-order chi connectivity index (χ0) is 23.1. The topological polar surface area (TPSA) is 78.7 Å². The van der Waals surface area contributed by atoms with Crippen molar-refractivity contribution in [2.75, 3.05) is 26.2 Å². The average Bonchev–Trinajstić information content (AvgIpc) is 3.48. The first-order valence-corrected chi connectivity index (χ1v) is 11.5. The number of carboxylic acids is 1. The van der Waals surface area contributed by atoms with Crippen LogP contribution < -0.4 is 0 Å². The Hall–Kier alpha value is -2.40. The number of alkyl halides is 3. The predicted molar refractivity (Wildman–Crippen MR) is 113 cm³/mol. The highest BCUT2D eigenvalue weighted by atomic mass is 32.1. The van der Waals surface area contributed by atoms with Gasteiger partial charge in [-0.15, -0.1) is 0 Å². The van der Waals surface area contributed by atoms with Gasteiger partial charge in [-0.1, -0.05) is 0 Å². The molecule has 1 saturated heterocycles. The van der Waals surface area contributed by atoms with Crippen LogP contribution in [-0.4, -0.2) is 68.9 Å². The second kappa shape index (κ2) is 11.0. The highest BCUT2D eigenvalue weighted by Gasteiger charge is 2.38. The van der Waals surface area contributed by atoms with Gasteiger partial charge in [-0.05, 0) is 73.3 Å². The molecule has 4 rings (SSSR count). The minimum absolute atomic E-state index is 0.235. The number of aliphatic carboxylic acids is 1. The summed E-state index contributed by atoms with van der Waals surface area (Å²) in [6.07, 6.45) is 1.09. The van der Waals surface area contributed by atoms with E-state index >= 15 is 0 Å². The number of nitrogens with zero attached hydrogens (tertiary/aromatic N) is 4. The summed E-state index contributed by atoms with van der Waals surface area (Å²) in [5.74, 6) is -2.04. The Bertz CT molecular complexity index is 879. The van der Waals surface area contributed by atoms with Crippen molar-refractivity contribution in [2.45, 2.75) is 44.9 Å². The summed E-state index contributed by atoms with van der Waals surface area (Å²) in [4.78, 5) is 26.4. The van der Waals surface area contributed by atoms with Crippen molar-refractivity contribution in [1.82, 2.24) is 19.6 Å². The third-order valence-corrected chi connectivity index (χ3v) is 6.38. The van der Waals surface area contributed by atoms with Crippen LogP contribution in [-0.2, 0) is 29.1 Å². The molecule has 1 unspecified atom stereocenters. The smallest absolute Gasteiger partial charge is 0.475 e. The van der Waals surface area contributed by atoms with Crippen LogP contribution in [0.4, 0.5) is 13.2 Å². The largest absolute Gasteiger partial charge is 0.490 e. The third kappa shape index (κ3) is 7.06. The summed E-state index contributed by atoms with van der Waals surface area (Å²) >= 11 is 1.65. The number of halogens is 3. The summed E-state index contributed by atoms with van der Waals surface area (Å²) in [6, 6.07) is 4.10. The van der Waals surface area contributed by atoms with Gasteiger partial charge in [-0.3, -0.25) is 9.48 Å². The number of aromatic nitrogens is 2. The number of hydrogen-bond acceptors (Lipinski definition) is 5. The zero-order valence-corrected chi connectivity index (χ0v) is 18.4. The van der Waals surface area contributed by atoms with Gasteiger partial charge in [-0.25, -0.2) is 4.79 Å². The van der Waals surface area contributed by atoms with E-state index in [1.54, 1.807) is 11.3 Å². The highest BCUT2D eigenvalue weighted by molar-refractivity contribution is 7.08. The van der Waals surface area contributed by atoms with Crippen molar-refractivity contribution in [3.63, 3.8) is 0 Å². The number of carboxylic acid groups (broad SMARTS) is 1. The highest BCUT2D eigenvalue weighted by Crippen LogP contribution is 2.21. The molecule has 2 aromatic heterocycles. The van der Waals surface area contributed by atoms with E-state index in [0.29, 0.717) is 18.9 Å². The number of likely N-dealkylation sites (tertiary alicyclic amines) is 1. The number of thiophene rings is 1. The molecule has 4 heterocycles. The van der Waals surface area contributed by atoms with E-state index in [9.17, 15) is 18.0 Å². The van der Waals surface area contributed by atoms with Crippen LogP contribution in [0.2, 0.25) is 0 Å². The monoisotopic (exact) mass is 472 g/mol. The third-order valence-electron chi connectivity index (χ3n) is 5.65. The summed E-state index contributed by atoms with van der Waals surface area (Å²) in [6.45, 7) is 6.08. The molecular weight excluding hydrogens is 445 g/mol. The Balaban J connectivity index is 0.000000360. The van der Waals surface area contributed by atoms with Gasteiger partial charge in [-0.2, -0.15) is 29.6 Å². The fraction of sp³-hybridized carbons (Fsp3) is 0.571. The lowest BCUT2D eigenvalue weighted by Gasteiger charge is -2.25. The summed E-state index contributed by atoms with van der Waals surface area (Å²) < 4.78 is 33.8. The van der Waals surface area contributed by atoms with E-state index in [1.165, 1.54) is 25.9 Å². The molecule has 11 heteroatoms. The Kier molecular flexibility index (Phi) is 8.30. The van der Waals surface area contributed by atoms with Crippen LogP contribution >= 0.6 is 11.3 Å². The molecule has 0 aromatic carbocycles. The summed E-state index contributed by atoms with van der Waals surface area (Å²) in [5.41, 5.74) is 2.28. The normalized spacial score (nSPS) is 19.1. The molecule has 0 bridgehead atoms. The molecule has 0 saturated carbocycles. The Morgan fingerprint density at radius 1 is 1.19 bits per heavy atom. The van der Waals surface area contributed by atoms with Crippen molar-refractivity contribution >= 4 is 23.2 Å². The van der Waals surface area contributed by atoms with Gasteiger partial charge >= 0.3 is 12.1 Å². The fourth-order valence-corrected chi connectivity index (χ4v) is 4.63. The molecule has 1 fully saturated rings. The van der Waals surface area contributed by atoms with Crippen molar-refractivity contribution in [3.05, 3.63) is 40.3 Å². The quantitative estimate of drug-likeness (QED) is 0.723. The lowest BCUT2D eigenvalue weighted by atomic mass is 10.0. The van der Waals surface area contributed by atoms with Gasteiger partial charge in [0, 0.05) is 19.3 Å².